The SMILES string of the molecule is CCCCNC(=O)[C@H](Cc1ccccc1)N(Cc1ccc(Cl)cc1)C(=O)CCc1ccc(S(=O)(=O)NC2CC2)cc1. The molecule has 0 aliphatic heterocycles. The van der Waals surface area contributed by atoms with Crippen molar-refractivity contribution in [1.82, 2.24) is 14.9 Å². The van der Waals surface area contributed by atoms with E-state index in [1.165, 1.54) is 0 Å². The van der Waals surface area contributed by atoms with Crippen molar-refractivity contribution in [1.29, 1.82) is 0 Å². The molecule has 0 spiro atoms. The van der Waals surface area contributed by atoms with Gasteiger partial charge in [0.25, 0.3) is 0 Å². The minimum Gasteiger partial charge on any atom is -0.354 e. The van der Waals surface area contributed by atoms with E-state index in [2.05, 4.69) is 17.0 Å². The van der Waals surface area contributed by atoms with Crippen molar-refractivity contribution in [3.8, 4) is 0 Å². The summed E-state index contributed by atoms with van der Waals surface area (Å²) < 4.78 is 27.7. The van der Waals surface area contributed by atoms with Crippen molar-refractivity contribution in [2.75, 3.05) is 6.54 Å². The number of nitrogens with zero attached hydrogens (tertiary/aromatic N) is 1. The third-order valence-corrected chi connectivity index (χ3v) is 8.92. The van der Waals surface area contributed by atoms with E-state index >= 15 is 0 Å². The minimum absolute atomic E-state index is 0.0342. The van der Waals surface area contributed by atoms with Gasteiger partial charge in [-0.25, -0.2) is 13.1 Å². The first-order valence-corrected chi connectivity index (χ1v) is 16.1. The second-order valence-corrected chi connectivity index (χ2v) is 12.7. The monoisotopic (exact) mass is 595 g/mol. The summed E-state index contributed by atoms with van der Waals surface area (Å²) in [6.07, 6.45) is 4.53. The smallest absolute Gasteiger partial charge is 0.243 e. The molecule has 218 valence electrons. The number of hydrogen-bond donors (Lipinski definition) is 2. The van der Waals surface area contributed by atoms with Gasteiger partial charge in [-0.15, -0.1) is 0 Å². The van der Waals surface area contributed by atoms with Gasteiger partial charge < -0.3 is 10.2 Å². The fourth-order valence-corrected chi connectivity index (χ4v) is 6.00. The molecule has 0 radical (unpaired) electrons. The van der Waals surface area contributed by atoms with Gasteiger partial charge in [-0.2, -0.15) is 0 Å². The van der Waals surface area contributed by atoms with Crippen LogP contribution in [0.25, 0.3) is 0 Å². The first-order chi connectivity index (χ1) is 19.7. The topological polar surface area (TPSA) is 95.6 Å². The van der Waals surface area contributed by atoms with Crippen LogP contribution in [-0.2, 0) is 39.0 Å². The van der Waals surface area contributed by atoms with Crippen LogP contribution in [0.2, 0.25) is 5.02 Å². The highest BCUT2D eigenvalue weighted by Crippen LogP contribution is 2.23. The molecule has 3 aromatic rings. The summed E-state index contributed by atoms with van der Waals surface area (Å²) in [4.78, 5) is 29.2. The van der Waals surface area contributed by atoms with Crippen LogP contribution < -0.4 is 10.0 Å². The number of halogens is 1. The van der Waals surface area contributed by atoms with Gasteiger partial charge in [-0.05, 0) is 66.6 Å². The summed E-state index contributed by atoms with van der Waals surface area (Å²) in [5.41, 5.74) is 2.69. The highest BCUT2D eigenvalue weighted by molar-refractivity contribution is 7.89. The summed E-state index contributed by atoms with van der Waals surface area (Å²) in [6, 6.07) is 23.0. The molecule has 2 amide bonds. The molecule has 1 atom stereocenters. The van der Waals surface area contributed by atoms with Gasteiger partial charge in [0, 0.05) is 37.0 Å². The Labute approximate surface area is 248 Å². The Bertz CT molecular complexity index is 1390. The Morgan fingerprint density at radius 2 is 1.59 bits per heavy atom. The van der Waals surface area contributed by atoms with Gasteiger partial charge in [0.1, 0.15) is 6.04 Å². The summed E-state index contributed by atoms with van der Waals surface area (Å²) in [5.74, 6) is -0.332. The molecule has 0 aromatic heterocycles. The maximum Gasteiger partial charge on any atom is 0.243 e. The molecular formula is C32H38ClN3O4S. The van der Waals surface area contributed by atoms with Crippen LogP contribution in [-0.4, -0.2) is 43.8 Å². The van der Waals surface area contributed by atoms with Crippen molar-refractivity contribution < 1.29 is 18.0 Å². The lowest BCUT2D eigenvalue weighted by molar-refractivity contribution is -0.141. The molecule has 1 fully saturated rings. The molecule has 1 aliphatic carbocycles. The lowest BCUT2D eigenvalue weighted by atomic mass is 10.0. The lowest BCUT2D eigenvalue weighted by Gasteiger charge is -2.31. The highest BCUT2D eigenvalue weighted by atomic mass is 35.5. The van der Waals surface area contributed by atoms with Crippen LogP contribution in [0.3, 0.4) is 0 Å². The lowest BCUT2D eigenvalue weighted by Crippen LogP contribution is -2.50. The van der Waals surface area contributed by atoms with Crippen molar-refractivity contribution >= 4 is 33.4 Å². The molecular weight excluding hydrogens is 558 g/mol. The Balaban J connectivity index is 1.53. The van der Waals surface area contributed by atoms with Crippen LogP contribution in [0.1, 0.15) is 55.7 Å². The molecule has 0 saturated heterocycles. The van der Waals surface area contributed by atoms with Crippen LogP contribution in [0.15, 0.2) is 83.8 Å². The second kappa shape index (κ2) is 14.6. The number of hydrogen-bond acceptors (Lipinski definition) is 4. The number of benzene rings is 3. The normalized spacial score (nSPS) is 13.9. The zero-order chi connectivity index (χ0) is 29.2. The molecule has 41 heavy (non-hydrogen) atoms. The van der Waals surface area contributed by atoms with E-state index < -0.39 is 16.1 Å². The molecule has 1 saturated carbocycles. The van der Waals surface area contributed by atoms with Gasteiger partial charge >= 0.3 is 0 Å². The van der Waals surface area contributed by atoms with E-state index in [1.807, 2.05) is 42.5 Å². The summed E-state index contributed by atoms with van der Waals surface area (Å²) >= 11 is 6.10. The van der Waals surface area contributed by atoms with Gasteiger partial charge in [0.05, 0.1) is 4.90 Å². The average Bonchev–Trinajstić information content (AvgIpc) is 3.79. The number of sulfonamides is 1. The quantitative estimate of drug-likeness (QED) is 0.234. The first-order valence-electron chi connectivity index (χ1n) is 14.2. The number of nitrogens with one attached hydrogen (secondary N) is 2. The Morgan fingerprint density at radius 3 is 2.22 bits per heavy atom. The molecule has 1 aliphatic rings. The average molecular weight is 596 g/mol. The maximum absolute atomic E-state index is 13.8. The molecule has 0 bridgehead atoms. The predicted molar refractivity (Wildman–Crippen MR) is 162 cm³/mol. The number of carbonyl (C=O) groups is 2. The zero-order valence-corrected chi connectivity index (χ0v) is 25.0. The Kier molecular flexibility index (Phi) is 11.0. The minimum atomic E-state index is -3.54. The molecule has 9 heteroatoms. The van der Waals surface area contributed by atoms with E-state index in [9.17, 15) is 18.0 Å². The van der Waals surface area contributed by atoms with Crippen molar-refractivity contribution in [2.45, 2.75) is 75.4 Å². The third-order valence-electron chi connectivity index (χ3n) is 7.13. The van der Waals surface area contributed by atoms with Gasteiger partial charge in [0.15, 0.2) is 0 Å². The largest absolute Gasteiger partial charge is 0.354 e. The molecule has 3 aromatic carbocycles. The zero-order valence-electron chi connectivity index (χ0n) is 23.4. The molecule has 0 heterocycles. The Morgan fingerprint density at radius 1 is 0.927 bits per heavy atom. The van der Waals surface area contributed by atoms with Crippen molar-refractivity contribution in [3.05, 3.63) is 101 Å². The maximum atomic E-state index is 13.8. The third kappa shape index (κ3) is 9.42. The molecule has 0 unspecified atom stereocenters. The summed E-state index contributed by atoms with van der Waals surface area (Å²) in [5, 5.41) is 3.63. The highest BCUT2D eigenvalue weighted by Gasteiger charge is 2.30. The van der Waals surface area contributed by atoms with E-state index in [-0.39, 0.29) is 35.7 Å². The number of carbonyl (C=O) groups excluding carboxylic acids is 2. The van der Waals surface area contributed by atoms with Crippen LogP contribution in [0, 0.1) is 0 Å². The Hall–Kier alpha value is -3.20. The number of rotatable bonds is 15. The number of aryl methyl sites for hydroxylation is 1. The molecule has 7 nitrogen and oxygen atoms in total. The summed E-state index contributed by atoms with van der Waals surface area (Å²) in [6.45, 7) is 2.88. The molecule has 4 rings (SSSR count). The van der Waals surface area contributed by atoms with Crippen LogP contribution in [0.4, 0.5) is 0 Å². The van der Waals surface area contributed by atoms with Crippen LogP contribution >= 0.6 is 11.6 Å². The van der Waals surface area contributed by atoms with Crippen LogP contribution in [0.5, 0.6) is 0 Å². The fraction of sp³-hybridized carbons (Fsp3) is 0.375. The predicted octanol–water partition coefficient (Wildman–Crippen LogP) is 5.27. The van der Waals surface area contributed by atoms with E-state index in [0.717, 1.165) is 42.4 Å². The number of amides is 2. The second-order valence-electron chi connectivity index (χ2n) is 10.5. The summed E-state index contributed by atoms with van der Waals surface area (Å²) in [7, 11) is -3.54. The first kappa shape index (κ1) is 30.8. The van der Waals surface area contributed by atoms with E-state index in [0.29, 0.717) is 24.4 Å². The van der Waals surface area contributed by atoms with Crippen molar-refractivity contribution in [3.63, 3.8) is 0 Å². The number of unbranched alkanes of at least 4 members (excludes halogenated alkanes) is 1. The molecule has 2 N–H and O–H groups in total. The van der Waals surface area contributed by atoms with Gasteiger partial charge in [-0.1, -0.05) is 79.5 Å². The standard InChI is InChI=1S/C32H38ClN3O4S/c1-2-3-21-34-32(38)30(22-25-7-5-4-6-8-25)36(23-26-9-14-27(33)15-10-26)31(37)20-13-24-11-18-29(19-12-24)41(39,40)35-28-16-17-28/h4-12,14-15,18-19,28,30,35H,2-3,13,16-17,20-23H2,1H3,(H,34,38)/t30-/m0/s1. The van der Waals surface area contributed by atoms with E-state index in [1.54, 1.807) is 41.3 Å². The van der Waals surface area contributed by atoms with E-state index in [4.69, 9.17) is 11.6 Å². The van der Waals surface area contributed by atoms with Gasteiger partial charge in [-0.3, -0.25) is 9.59 Å². The van der Waals surface area contributed by atoms with Gasteiger partial charge in [0.2, 0.25) is 21.8 Å². The fourth-order valence-electron chi connectivity index (χ4n) is 4.57. The van der Waals surface area contributed by atoms with Crippen molar-refractivity contribution in [2.24, 2.45) is 0 Å².